The summed E-state index contributed by atoms with van der Waals surface area (Å²) in [7, 11) is 1.52. The molecule has 9 heteroatoms. The van der Waals surface area contributed by atoms with Crippen molar-refractivity contribution < 1.29 is 39.1 Å². The second kappa shape index (κ2) is 9.95. The highest BCUT2D eigenvalue weighted by molar-refractivity contribution is 6.21. The third kappa shape index (κ3) is 4.36. The van der Waals surface area contributed by atoms with E-state index >= 15 is 0 Å². The minimum absolute atomic E-state index is 0.143. The topological polar surface area (TPSA) is 126 Å². The van der Waals surface area contributed by atoms with Gasteiger partial charge in [-0.05, 0) is 42.0 Å². The van der Waals surface area contributed by atoms with Crippen LogP contribution in [0.25, 0.3) is 0 Å². The van der Waals surface area contributed by atoms with Gasteiger partial charge in [0.15, 0.2) is 0 Å². The van der Waals surface area contributed by atoms with E-state index in [9.17, 15) is 24.9 Å². The number of ether oxygens (including phenoxy) is 3. The van der Waals surface area contributed by atoms with Crippen LogP contribution in [0.2, 0.25) is 0 Å². The Balaban J connectivity index is 1.61. The first kappa shape index (κ1) is 24.9. The maximum absolute atomic E-state index is 13.5. The Morgan fingerprint density at radius 2 is 1.46 bits per heavy atom. The standard InChI is InChI=1S/C28H27NO8/c1-35-18-11-13-19(14-12-18)36-27-23(29-25(32)20-9-5-6-10-21(20)26(29)33)28(34,24(31)22(16-30)37-27)15-17-7-3-2-4-8-17/h2-14,22-24,27,30-31,34H,15-16H2,1H3/t22-,23-,24-,27+,28-/m1/s1. The van der Waals surface area contributed by atoms with Gasteiger partial charge in [0.05, 0.1) is 24.8 Å². The lowest BCUT2D eigenvalue weighted by Crippen LogP contribution is -2.74. The highest BCUT2D eigenvalue weighted by Gasteiger charge is 2.62. The molecule has 1 saturated heterocycles. The van der Waals surface area contributed by atoms with Crippen molar-refractivity contribution in [1.82, 2.24) is 4.90 Å². The Hall–Kier alpha value is -3.76. The largest absolute Gasteiger partial charge is 0.497 e. The van der Waals surface area contributed by atoms with E-state index in [1.54, 1.807) is 60.7 Å². The van der Waals surface area contributed by atoms with Crippen molar-refractivity contribution in [3.63, 3.8) is 0 Å². The van der Waals surface area contributed by atoms with E-state index < -0.39 is 48.6 Å². The molecule has 3 aromatic carbocycles. The summed E-state index contributed by atoms with van der Waals surface area (Å²) in [4.78, 5) is 27.9. The van der Waals surface area contributed by atoms with Gasteiger partial charge in [0.1, 0.15) is 35.3 Å². The number of benzene rings is 3. The summed E-state index contributed by atoms with van der Waals surface area (Å²) in [6.07, 6.45) is -4.45. The smallest absolute Gasteiger partial charge is 0.262 e. The van der Waals surface area contributed by atoms with Crippen molar-refractivity contribution in [3.8, 4) is 11.5 Å². The van der Waals surface area contributed by atoms with Crippen LogP contribution in [0.1, 0.15) is 26.3 Å². The summed E-state index contributed by atoms with van der Waals surface area (Å²) in [5, 5.41) is 33.4. The minimum Gasteiger partial charge on any atom is -0.497 e. The number of aliphatic hydroxyl groups is 3. The first-order chi connectivity index (χ1) is 17.9. The fourth-order valence-corrected chi connectivity index (χ4v) is 5.01. The van der Waals surface area contributed by atoms with Crippen molar-refractivity contribution in [2.75, 3.05) is 13.7 Å². The molecule has 0 spiro atoms. The number of hydrogen-bond acceptors (Lipinski definition) is 8. The molecule has 2 aliphatic heterocycles. The molecular weight excluding hydrogens is 478 g/mol. The Morgan fingerprint density at radius 1 is 0.892 bits per heavy atom. The molecule has 0 unspecified atom stereocenters. The summed E-state index contributed by atoms with van der Waals surface area (Å²) in [5.74, 6) is -0.391. The third-order valence-corrected chi connectivity index (χ3v) is 6.87. The molecule has 9 nitrogen and oxygen atoms in total. The summed E-state index contributed by atoms with van der Waals surface area (Å²) in [6.45, 7) is -0.629. The molecule has 37 heavy (non-hydrogen) atoms. The van der Waals surface area contributed by atoms with E-state index in [1.165, 1.54) is 19.2 Å². The Morgan fingerprint density at radius 3 is 2.03 bits per heavy atom. The SMILES string of the molecule is COc1ccc(O[C@H]2O[C@H](CO)[C@@H](O)[C@@](O)(Cc3ccccc3)[C@@H]2N2C(=O)c3ccccc3C2=O)cc1. The molecule has 0 saturated carbocycles. The lowest BCUT2D eigenvalue weighted by Gasteiger charge is -2.51. The third-order valence-electron chi connectivity index (χ3n) is 6.87. The second-order valence-corrected chi connectivity index (χ2v) is 9.09. The van der Waals surface area contributed by atoms with E-state index in [1.807, 2.05) is 6.07 Å². The molecule has 5 rings (SSSR count). The summed E-state index contributed by atoms with van der Waals surface area (Å²) in [5.41, 5.74) is -1.13. The van der Waals surface area contributed by atoms with Crippen LogP contribution in [0.4, 0.5) is 0 Å². The van der Waals surface area contributed by atoms with Crippen LogP contribution in [0.3, 0.4) is 0 Å². The zero-order valence-electron chi connectivity index (χ0n) is 20.1. The number of amides is 2. The van der Waals surface area contributed by atoms with Gasteiger partial charge in [-0.2, -0.15) is 0 Å². The summed E-state index contributed by atoms with van der Waals surface area (Å²) in [6, 6.07) is 20.3. The number of carbonyl (C=O) groups is 2. The molecule has 2 aliphatic rings. The van der Waals surface area contributed by atoms with Gasteiger partial charge in [0.2, 0.25) is 6.29 Å². The molecule has 0 aliphatic carbocycles. The van der Waals surface area contributed by atoms with E-state index in [-0.39, 0.29) is 17.5 Å². The van der Waals surface area contributed by atoms with E-state index in [0.29, 0.717) is 17.1 Å². The number of rotatable bonds is 7. The first-order valence-corrected chi connectivity index (χ1v) is 11.9. The van der Waals surface area contributed by atoms with Crippen LogP contribution >= 0.6 is 0 Å². The average Bonchev–Trinajstić information content (AvgIpc) is 3.17. The van der Waals surface area contributed by atoms with Crippen molar-refractivity contribution in [3.05, 3.63) is 95.6 Å². The van der Waals surface area contributed by atoms with Gasteiger partial charge in [-0.15, -0.1) is 0 Å². The van der Waals surface area contributed by atoms with Crippen molar-refractivity contribution in [2.45, 2.75) is 36.6 Å². The highest BCUT2D eigenvalue weighted by atomic mass is 16.7. The van der Waals surface area contributed by atoms with Crippen LogP contribution in [0, 0.1) is 0 Å². The molecule has 2 amide bonds. The summed E-state index contributed by atoms with van der Waals surface area (Å²) >= 11 is 0. The predicted octanol–water partition coefficient (Wildman–Crippen LogP) is 1.79. The van der Waals surface area contributed by atoms with Gasteiger partial charge in [0, 0.05) is 6.42 Å². The molecule has 2 heterocycles. The van der Waals surface area contributed by atoms with E-state index in [2.05, 4.69) is 0 Å². The monoisotopic (exact) mass is 505 g/mol. The van der Waals surface area contributed by atoms with Crippen LogP contribution in [-0.2, 0) is 11.2 Å². The van der Waals surface area contributed by atoms with Gasteiger partial charge in [0.25, 0.3) is 11.8 Å². The number of fused-ring (bicyclic) bond motifs is 1. The van der Waals surface area contributed by atoms with Crippen molar-refractivity contribution >= 4 is 11.8 Å². The molecule has 1 fully saturated rings. The van der Waals surface area contributed by atoms with Crippen LogP contribution < -0.4 is 9.47 Å². The minimum atomic E-state index is -2.13. The quantitative estimate of drug-likeness (QED) is 0.415. The molecule has 3 N–H and O–H groups in total. The predicted molar refractivity (Wildman–Crippen MR) is 131 cm³/mol. The number of hydrogen-bond donors (Lipinski definition) is 3. The van der Waals surface area contributed by atoms with Gasteiger partial charge in [-0.3, -0.25) is 14.5 Å². The van der Waals surface area contributed by atoms with Gasteiger partial charge < -0.3 is 29.5 Å². The Bertz CT molecular complexity index is 1250. The van der Waals surface area contributed by atoms with E-state index in [4.69, 9.17) is 14.2 Å². The summed E-state index contributed by atoms with van der Waals surface area (Å²) < 4.78 is 17.2. The highest BCUT2D eigenvalue weighted by Crippen LogP contribution is 2.40. The number of imide groups is 1. The van der Waals surface area contributed by atoms with E-state index in [0.717, 1.165) is 4.90 Å². The van der Waals surface area contributed by atoms with Crippen LogP contribution in [0.5, 0.6) is 11.5 Å². The maximum atomic E-state index is 13.5. The fraction of sp³-hybridized carbons (Fsp3) is 0.286. The van der Waals surface area contributed by atoms with Crippen LogP contribution in [-0.4, -0.2) is 75.9 Å². The maximum Gasteiger partial charge on any atom is 0.262 e. The number of nitrogens with zero attached hydrogens (tertiary/aromatic N) is 1. The van der Waals surface area contributed by atoms with Crippen molar-refractivity contribution in [1.29, 1.82) is 0 Å². The molecule has 192 valence electrons. The van der Waals surface area contributed by atoms with Crippen LogP contribution in [0.15, 0.2) is 78.9 Å². The fourth-order valence-electron chi connectivity index (χ4n) is 5.01. The molecule has 3 aromatic rings. The zero-order chi connectivity index (χ0) is 26.2. The van der Waals surface area contributed by atoms with Gasteiger partial charge in [-0.25, -0.2) is 0 Å². The molecule has 0 bridgehead atoms. The number of carbonyl (C=O) groups excluding carboxylic acids is 2. The normalized spacial score (nSPS) is 27.2. The average molecular weight is 506 g/mol. The molecule has 0 radical (unpaired) electrons. The first-order valence-electron chi connectivity index (χ1n) is 11.9. The lowest BCUT2D eigenvalue weighted by molar-refractivity contribution is -0.289. The Kier molecular flexibility index (Phi) is 6.70. The molecule has 0 aromatic heterocycles. The Labute approximate surface area is 213 Å². The zero-order valence-corrected chi connectivity index (χ0v) is 20.1. The second-order valence-electron chi connectivity index (χ2n) is 9.09. The molecular formula is C28H27NO8. The van der Waals surface area contributed by atoms with Gasteiger partial charge >= 0.3 is 0 Å². The number of methoxy groups -OCH3 is 1. The van der Waals surface area contributed by atoms with Crippen molar-refractivity contribution in [2.24, 2.45) is 0 Å². The molecule has 5 atom stereocenters. The number of aliphatic hydroxyl groups excluding tert-OH is 2. The lowest BCUT2D eigenvalue weighted by atomic mass is 9.77. The van der Waals surface area contributed by atoms with Gasteiger partial charge in [-0.1, -0.05) is 42.5 Å².